The molecule has 0 unspecified atom stereocenters. The molecule has 0 atom stereocenters. The highest BCUT2D eigenvalue weighted by atomic mass is 32.2. The summed E-state index contributed by atoms with van der Waals surface area (Å²) in [5, 5.41) is 0. The number of piperazine rings is 1. The van der Waals surface area contributed by atoms with Gasteiger partial charge in [-0.25, -0.2) is 17.6 Å². The quantitative estimate of drug-likeness (QED) is 0.676. The first-order valence-corrected chi connectivity index (χ1v) is 11.3. The SMILES string of the molecule is CCOC(=O)N1CCN(C(=O)CN(c2ccc(F)cc2)S(=O)(=O)c2ccccc2)CC1. The minimum absolute atomic E-state index is 0.0271. The van der Waals surface area contributed by atoms with E-state index in [4.69, 9.17) is 4.74 Å². The maximum atomic E-state index is 13.4. The van der Waals surface area contributed by atoms with Crippen LogP contribution in [-0.4, -0.2) is 69.5 Å². The molecule has 0 N–H and O–H groups in total. The molecule has 1 aliphatic heterocycles. The first-order chi connectivity index (χ1) is 14.8. The number of halogens is 1. The van der Waals surface area contributed by atoms with Crippen molar-refractivity contribution in [1.82, 2.24) is 9.80 Å². The number of benzene rings is 2. The van der Waals surface area contributed by atoms with E-state index in [1.807, 2.05) is 0 Å². The van der Waals surface area contributed by atoms with Gasteiger partial charge in [-0.1, -0.05) is 18.2 Å². The van der Waals surface area contributed by atoms with Crippen molar-refractivity contribution in [3.8, 4) is 0 Å². The number of sulfonamides is 1. The molecule has 166 valence electrons. The van der Waals surface area contributed by atoms with Crippen LogP contribution in [0.1, 0.15) is 6.92 Å². The van der Waals surface area contributed by atoms with Crippen LogP contribution in [0.15, 0.2) is 59.5 Å². The first-order valence-electron chi connectivity index (χ1n) is 9.85. The van der Waals surface area contributed by atoms with Gasteiger partial charge in [-0.15, -0.1) is 0 Å². The van der Waals surface area contributed by atoms with Gasteiger partial charge in [-0.05, 0) is 43.3 Å². The zero-order valence-corrected chi connectivity index (χ0v) is 17.9. The number of rotatable bonds is 6. The van der Waals surface area contributed by atoms with Gasteiger partial charge in [0.2, 0.25) is 5.91 Å². The number of anilines is 1. The summed E-state index contributed by atoms with van der Waals surface area (Å²) in [4.78, 5) is 27.8. The van der Waals surface area contributed by atoms with E-state index in [9.17, 15) is 22.4 Å². The Bertz CT molecular complexity index is 1010. The molecule has 8 nitrogen and oxygen atoms in total. The molecule has 1 aliphatic rings. The van der Waals surface area contributed by atoms with Crippen LogP contribution < -0.4 is 4.31 Å². The standard InChI is InChI=1S/C21H24FN3O5S/c1-2-30-21(27)24-14-12-23(13-15-24)20(26)16-25(18-10-8-17(22)9-11-18)31(28,29)19-6-4-3-5-7-19/h3-11H,2,12-16H2,1H3. The second kappa shape index (κ2) is 9.78. The molecule has 2 amide bonds. The topological polar surface area (TPSA) is 87.2 Å². The summed E-state index contributed by atoms with van der Waals surface area (Å²) in [6.45, 7) is 2.67. The van der Waals surface area contributed by atoms with Gasteiger partial charge in [-0.2, -0.15) is 0 Å². The fourth-order valence-electron chi connectivity index (χ4n) is 3.22. The van der Waals surface area contributed by atoms with Gasteiger partial charge in [0.1, 0.15) is 12.4 Å². The Hall–Kier alpha value is -3.14. The maximum Gasteiger partial charge on any atom is 0.409 e. The van der Waals surface area contributed by atoms with E-state index < -0.39 is 34.4 Å². The molecule has 0 bridgehead atoms. The summed E-state index contributed by atoms with van der Waals surface area (Å²) in [7, 11) is -4.05. The normalized spacial score (nSPS) is 14.3. The van der Waals surface area contributed by atoms with Crippen LogP contribution in [-0.2, 0) is 19.6 Å². The van der Waals surface area contributed by atoms with Gasteiger partial charge in [0, 0.05) is 26.2 Å². The minimum Gasteiger partial charge on any atom is -0.450 e. The Morgan fingerprint density at radius 3 is 2.13 bits per heavy atom. The lowest BCUT2D eigenvalue weighted by atomic mass is 10.3. The second-order valence-electron chi connectivity index (χ2n) is 6.87. The Labute approximate surface area is 180 Å². The van der Waals surface area contributed by atoms with Gasteiger partial charge in [0.15, 0.2) is 0 Å². The largest absolute Gasteiger partial charge is 0.450 e. The smallest absolute Gasteiger partial charge is 0.409 e. The molecule has 10 heteroatoms. The van der Waals surface area contributed by atoms with Gasteiger partial charge in [-0.3, -0.25) is 9.10 Å². The second-order valence-corrected chi connectivity index (χ2v) is 8.73. The molecule has 1 fully saturated rings. The summed E-state index contributed by atoms with van der Waals surface area (Å²) in [5.74, 6) is -0.922. The average Bonchev–Trinajstić information content (AvgIpc) is 2.79. The number of carbonyl (C=O) groups excluding carboxylic acids is 2. The van der Waals surface area contributed by atoms with Crippen molar-refractivity contribution in [3.63, 3.8) is 0 Å². The van der Waals surface area contributed by atoms with Crippen LogP contribution in [0, 0.1) is 5.82 Å². The number of hydrogen-bond donors (Lipinski definition) is 0. The Balaban J connectivity index is 1.79. The lowest BCUT2D eigenvalue weighted by molar-refractivity contribution is -0.131. The van der Waals surface area contributed by atoms with E-state index in [0.717, 1.165) is 16.4 Å². The fourth-order valence-corrected chi connectivity index (χ4v) is 4.65. The molecule has 2 aromatic rings. The number of nitrogens with zero attached hydrogens (tertiary/aromatic N) is 3. The zero-order chi connectivity index (χ0) is 22.4. The van der Waals surface area contributed by atoms with Gasteiger partial charge in [0.25, 0.3) is 10.0 Å². The Kier molecular flexibility index (Phi) is 7.11. The average molecular weight is 450 g/mol. The van der Waals surface area contributed by atoms with Crippen molar-refractivity contribution >= 4 is 27.7 Å². The highest BCUT2D eigenvalue weighted by Crippen LogP contribution is 2.24. The van der Waals surface area contributed by atoms with Crippen molar-refractivity contribution in [3.05, 3.63) is 60.4 Å². The maximum absolute atomic E-state index is 13.4. The van der Waals surface area contributed by atoms with Crippen LogP contribution in [0.25, 0.3) is 0 Å². The Morgan fingerprint density at radius 1 is 0.968 bits per heavy atom. The highest BCUT2D eigenvalue weighted by molar-refractivity contribution is 7.92. The van der Waals surface area contributed by atoms with E-state index in [1.165, 1.54) is 34.1 Å². The van der Waals surface area contributed by atoms with Gasteiger partial charge >= 0.3 is 6.09 Å². The summed E-state index contributed by atoms with van der Waals surface area (Å²) in [6.07, 6.45) is -0.436. The number of carbonyl (C=O) groups is 2. The van der Waals surface area contributed by atoms with E-state index in [2.05, 4.69) is 0 Å². The van der Waals surface area contributed by atoms with Crippen molar-refractivity contribution in [2.24, 2.45) is 0 Å². The molecular formula is C21H24FN3O5S. The van der Waals surface area contributed by atoms with Crippen molar-refractivity contribution in [2.75, 3.05) is 43.6 Å². The lowest BCUT2D eigenvalue weighted by Crippen LogP contribution is -2.53. The molecular weight excluding hydrogens is 425 g/mol. The molecule has 0 saturated carbocycles. The molecule has 2 aromatic carbocycles. The van der Waals surface area contributed by atoms with E-state index >= 15 is 0 Å². The molecule has 0 aromatic heterocycles. The molecule has 1 heterocycles. The van der Waals surface area contributed by atoms with Crippen LogP contribution in [0.4, 0.5) is 14.9 Å². The number of amides is 2. The van der Waals surface area contributed by atoms with Gasteiger partial charge in [0.05, 0.1) is 17.2 Å². The molecule has 0 radical (unpaired) electrons. The fraction of sp³-hybridized carbons (Fsp3) is 0.333. The molecule has 3 rings (SSSR count). The minimum atomic E-state index is -4.05. The summed E-state index contributed by atoms with van der Waals surface area (Å²) >= 11 is 0. The monoisotopic (exact) mass is 449 g/mol. The zero-order valence-electron chi connectivity index (χ0n) is 17.1. The summed E-state index contributed by atoms with van der Waals surface area (Å²) < 4.78 is 45.8. The molecule has 1 saturated heterocycles. The van der Waals surface area contributed by atoms with Crippen LogP contribution >= 0.6 is 0 Å². The van der Waals surface area contributed by atoms with E-state index in [0.29, 0.717) is 13.1 Å². The van der Waals surface area contributed by atoms with Gasteiger partial charge < -0.3 is 14.5 Å². The summed E-state index contributed by atoms with van der Waals surface area (Å²) in [6, 6.07) is 12.7. The van der Waals surface area contributed by atoms with Crippen LogP contribution in [0.3, 0.4) is 0 Å². The Morgan fingerprint density at radius 2 is 1.55 bits per heavy atom. The highest BCUT2D eigenvalue weighted by Gasteiger charge is 2.31. The van der Waals surface area contributed by atoms with Crippen LogP contribution in [0.5, 0.6) is 0 Å². The molecule has 0 spiro atoms. The predicted molar refractivity (Wildman–Crippen MR) is 113 cm³/mol. The first kappa shape index (κ1) is 22.5. The number of ether oxygens (including phenoxy) is 1. The third-order valence-electron chi connectivity index (χ3n) is 4.88. The molecule has 31 heavy (non-hydrogen) atoms. The third kappa shape index (κ3) is 5.32. The summed E-state index contributed by atoms with van der Waals surface area (Å²) in [5.41, 5.74) is 0.184. The number of hydrogen-bond acceptors (Lipinski definition) is 5. The van der Waals surface area contributed by atoms with Crippen molar-refractivity contribution in [2.45, 2.75) is 11.8 Å². The van der Waals surface area contributed by atoms with Crippen molar-refractivity contribution in [1.29, 1.82) is 0 Å². The predicted octanol–water partition coefficient (Wildman–Crippen LogP) is 2.32. The van der Waals surface area contributed by atoms with Crippen molar-refractivity contribution < 1.29 is 27.1 Å². The molecule has 0 aliphatic carbocycles. The van der Waals surface area contributed by atoms with E-state index in [1.54, 1.807) is 25.1 Å². The third-order valence-corrected chi connectivity index (χ3v) is 6.67. The van der Waals surface area contributed by atoms with Crippen LogP contribution in [0.2, 0.25) is 0 Å². The van der Waals surface area contributed by atoms with E-state index in [-0.39, 0.29) is 30.3 Å². The lowest BCUT2D eigenvalue weighted by Gasteiger charge is -2.35.